The molecule has 5 nitrogen and oxygen atoms in total. The average Bonchev–Trinajstić information content (AvgIpc) is 2.79. The number of hydrogen-bond donors (Lipinski definition) is 1. The second-order valence-electron chi connectivity index (χ2n) is 6.09. The fourth-order valence-corrected chi connectivity index (χ4v) is 3.88. The van der Waals surface area contributed by atoms with Gasteiger partial charge in [-0.1, -0.05) is 6.42 Å². The van der Waals surface area contributed by atoms with Gasteiger partial charge >= 0.3 is 5.97 Å². The van der Waals surface area contributed by atoms with Gasteiger partial charge in [-0.05, 0) is 12.8 Å². The number of esters is 1. The Bertz CT molecular complexity index is 389. The first-order chi connectivity index (χ1) is 8.60. The minimum Gasteiger partial charge on any atom is -0.457 e. The molecule has 4 fully saturated rings. The Hall–Kier alpha value is -0.650. The molecule has 2 saturated carbocycles. The minimum atomic E-state index is -1.34. The van der Waals surface area contributed by atoms with Crippen LogP contribution in [0.4, 0.5) is 0 Å². The Labute approximate surface area is 105 Å². The highest BCUT2D eigenvalue weighted by atomic mass is 16.8. The second-order valence-corrected chi connectivity index (χ2v) is 6.09. The van der Waals surface area contributed by atoms with E-state index in [1.54, 1.807) is 0 Å². The number of carbonyl (C=O) groups excluding carboxylic acids is 1. The van der Waals surface area contributed by atoms with Crippen LogP contribution in [0.25, 0.3) is 0 Å². The maximum atomic E-state index is 11.6. The highest BCUT2D eigenvalue weighted by Gasteiger charge is 2.63. The van der Waals surface area contributed by atoms with Crippen LogP contribution in [0, 0.1) is 0 Å². The Morgan fingerprint density at radius 1 is 1.06 bits per heavy atom. The van der Waals surface area contributed by atoms with Crippen molar-refractivity contribution in [3.63, 3.8) is 0 Å². The van der Waals surface area contributed by atoms with Crippen LogP contribution in [0.3, 0.4) is 0 Å². The lowest BCUT2D eigenvalue weighted by molar-refractivity contribution is -0.203. The summed E-state index contributed by atoms with van der Waals surface area (Å²) in [6.07, 6.45) is 5.25. The van der Waals surface area contributed by atoms with E-state index in [0.29, 0.717) is 12.8 Å². The maximum Gasteiger partial charge on any atom is 0.338 e. The van der Waals surface area contributed by atoms with Crippen molar-refractivity contribution in [2.75, 3.05) is 0 Å². The predicted molar refractivity (Wildman–Crippen MR) is 59.6 cm³/mol. The molecule has 1 N–H and O–H groups in total. The maximum absolute atomic E-state index is 11.6. The highest BCUT2D eigenvalue weighted by molar-refractivity contribution is 5.82. The third-order valence-corrected chi connectivity index (χ3v) is 4.78. The van der Waals surface area contributed by atoms with E-state index in [1.807, 2.05) is 0 Å². The van der Waals surface area contributed by atoms with Crippen LogP contribution in [0.5, 0.6) is 0 Å². The smallest absolute Gasteiger partial charge is 0.338 e. The van der Waals surface area contributed by atoms with Gasteiger partial charge in [-0.15, -0.1) is 0 Å². The zero-order chi connectivity index (χ0) is 12.4. The third-order valence-electron chi connectivity index (χ3n) is 4.78. The number of hydrogen-bond acceptors (Lipinski definition) is 5. The molecule has 2 aliphatic heterocycles. The van der Waals surface area contributed by atoms with E-state index in [-0.39, 0.29) is 18.3 Å². The molecule has 2 aliphatic carbocycles. The highest BCUT2D eigenvalue weighted by Crippen LogP contribution is 2.49. The predicted octanol–water partition coefficient (Wildman–Crippen LogP) is 0.881. The van der Waals surface area contributed by atoms with E-state index in [2.05, 4.69) is 0 Å². The van der Waals surface area contributed by atoms with Gasteiger partial charge in [-0.25, -0.2) is 4.79 Å². The molecule has 4 aliphatic rings. The summed E-state index contributed by atoms with van der Waals surface area (Å²) in [5.41, 5.74) is -1.34. The van der Waals surface area contributed by atoms with Crippen LogP contribution in [-0.2, 0) is 19.0 Å². The number of aliphatic hydroxyl groups is 1. The van der Waals surface area contributed by atoms with Gasteiger partial charge in [0.2, 0.25) is 0 Å². The molecular formula is C13H18O5. The zero-order valence-electron chi connectivity index (χ0n) is 10.3. The molecule has 2 saturated heterocycles. The van der Waals surface area contributed by atoms with Gasteiger partial charge in [-0.2, -0.15) is 0 Å². The van der Waals surface area contributed by atoms with Crippen molar-refractivity contribution in [3.8, 4) is 0 Å². The van der Waals surface area contributed by atoms with Crippen LogP contribution in [0.2, 0.25) is 0 Å². The molecule has 0 aromatic heterocycles. The molecule has 0 aromatic carbocycles. The van der Waals surface area contributed by atoms with Gasteiger partial charge in [0.25, 0.3) is 0 Å². The minimum absolute atomic E-state index is 0.185. The Balaban J connectivity index is 1.59. The van der Waals surface area contributed by atoms with E-state index < -0.39 is 17.4 Å². The van der Waals surface area contributed by atoms with Crippen LogP contribution >= 0.6 is 0 Å². The van der Waals surface area contributed by atoms with E-state index in [4.69, 9.17) is 14.2 Å². The van der Waals surface area contributed by atoms with Crippen molar-refractivity contribution in [1.82, 2.24) is 0 Å². The molecule has 18 heavy (non-hydrogen) atoms. The standard InChI is InChI=1S/C13H18O5/c14-11-12(15)6-8(16-11)10-9(7-12)17-13(18-10)4-2-1-3-5-13/h8-10,15H,1-7H2/t8-,9?,10+,12-/m1/s1. The third kappa shape index (κ3) is 1.41. The van der Waals surface area contributed by atoms with Crippen LogP contribution in [-0.4, -0.2) is 40.8 Å². The molecule has 2 heterocycles. The lowest BCUT2D eigenvalue weighted by Gasteiger charge is -2.32. The van der Waals surface area contributed by atoms with Crippen LogP contribution in [0.1, 0.15) is 44.9 Å². The summed E-state index contributed by atoms with van der Waals surface area (Å²) in [6, 6.07) is 0. The van der Waals surface area contributed by atoms with Gasteiger partial charge < -0.3 is 19.3 Å². The molecule has 1 unspecified atom stereocenters. The summed E-state index contributed by atoms with van der Waals surface area (Å²) >= 11 is 0. The summed E-state index contributed by atoms with van der Waals surface area (Å²) in [7, 11) is 0. The molecule has 5 heteroatoms. The first-order valence-corrected chi connectivity index (χ1v) is 6.89. The van der Waals surface area contributed by atoms with Crippen molar-refractivity contribution in [3.05, 3.63) is 0 Å². The van der Waals surface area contributed by atoms with E-state index in [0.717, 1.165) is 25.7 Å². The molecule has 0 amide bonds. The summed E-state index contributed by atoms with van der Waals surface area (Å²) in [5, 5.41) is 10.2. The Morgan fingerprint density at radius 3 is 2.56 bits per heavy atom. The van der Waals surface area contributed by atoms with Crippen molar-refractivity contribution in [1.29, 1.82) is 0 Å². The first kappa shape index (κ1) is 11.2. The fourth-order valence-electron chi connectivity index (χ4n) is 3.88. The van der Waals surface area contributed by atoms with E-state index >= 15 is 0 Å². The van der Waals surface area contributed by atoms with E-state index in [1.165, 1.54) is 6.42 Å². The number of fused-ring (bicyclic) bond motifs is 4. The average molecular weight is 254 g/mol. The van der Waals surface area contributed by atoms with Gasteiger partial charge in [0.05, 0.1) is 6.10 Å². The molecule has 100 valence electrons. The van der Waals surface area contributed by atoms with Crippen LogP contribution in [0.15, 0.2) is 0 Å². The molecule has 0 radical (unpaired) electrons. The topological polar surface area (TPSA) is 65.0 Å². The lowest BCUT2D eigenvalue weighted by Crippen LogP contribution is -2.47. The summed E-state index contributed by atoms with van der Waals surface area (Å²) in [6.45, 7) is 0. The first-order valence-electron chi connectivity index (χ1n) is 6.89. The molecular weight excluding hydrogens is 236 g/mol. The number of ether oxygens (including phenoxy) is 3. The SMILES string of the molecule is O=C1O[C@@H]2C[C@@]1(O)CC1OC3(CCCCC3)O[C@H]12. The lowest BCUT2D eigenvalue weighted by atomic mass is 9.82. The van der Waals surface area contributed by atoms with Crippen molar-refractivity contribution < 1.29 is 24.1 Å². The number of rotatable bonds is 0. The summed E-state index contributed by atoms with van der Waals surface area (Å²) in [4.78, 5) is 11.6. The van der Waals surface area contributed by atoms with Crippen molar-refractivity contribution in [2.45, 2.75) is 74.6 Å². The summed E-state index contributed by atoms with van der Waals surface area (Å²) in [5.74, 6) is -0.979. The monoisotopic (exact) mass is 254 g/mol. The normalized spacial score (nSPS) is 49.2. The summed E-state index contributed by atoms with van der Waals surface area (Å²) < 4.78 is 17.4. The zero-order valence-corrected chi connectivity index (χ0v) is 10.3. The molecule has 4 rings (SSSR count). The van der Waals surface area contributed by atoms with Gasteiger partial charge in [-0.3, -0.25) is 0 Å². The van der Waals surface area contributed by atoms with Crippen molar-refractivity contribution >= 4 is 5.97 Å². The van der Waals surface area contributed by atoms with Gasteiger partial charge in [0.1, 0.15) is 12.2 Å². The molecule has 0 aromatic rings. The van der Waals surface area contributed by atoms with Gasteiger partial charge in [0, 0.05) is 25.7 Å². The van der Waals surface area contributed by atoms with Gasteiger partial charge in [0.15, 0.2) is 11.4 Å². The van der Waals surface area contributed by atoms with E-state index in [9.17, 15) is 9.90 Å². The Kier molecular flexibility index (Phi) is 2.16. The number of carbonyl (C=O) groups is 1. The van der Waals surface area contributed by atoms with Crippen LogP contribution < -0.4 is 0 Å². The largest absolute Gasteiger partial charge is 0.457 e. The fraction of sp³-hybridized carbons (Fsp3) is 0.923. The Morgan fingerprint density at radius 2 is 1.78 bits per heavy atom. The second kappa shape index (κ2) is 3.46. The quantitative estimate of drug-likeness (QED) is 0.650. The van der Waals surface area contributed by atoms with Crippen molar-refractivity contribution in [2.24, 2.45) is 0 Å². The molecule has 1 spiro atoms. The molecule has 4 atom stereocenters. The molecule has 2 bridgehead atoms.